The molecule has 1 aliphatic rings. The lowest BCUT2D eigenvalue weighted by Gasteiger charge is -2.25. The molecule has 17 heavy (non-hydrogen) atoms. The zero-order chi connectivity index (χ0) is 11.8. The molecule has 1 fully saturated rings. The van der Waals surface area contributed by atoms with Crippen molar-refractivity contribution in [2.75, 3.05) is 11.9 Å². The van der Waals surface area contributed by atoms with Crippen molar-refractivity contribution in [3.8, 4) is 0 Å². The molecule has 0 amide bonds. The number of anilines is 1. The third-order valence-electron chi connectivity index (χ3n) is 3.19. The van der Waals surface area contributed by atoms with Crippen molar-refractivity contribution in [1.29, 1.82) is 0 Å². The topological polar surface area (TPSA) is 72.5 Å². The van der Waals surface area contributed by atoms with Gasteiger partial charge in [-0.3, -0.25) is 0 Å². The van der Waals surface area contributed by atoms with E-state index in [0.29, 0.717) is 16.7 Å². The highest BCUT2D eigenvalue weighted by molar-refractivity contribution is 7.15. The molecule has 2 heterocycles. The Kier molecular flexibility index (Phi) is 2.47. The first kappa shape index (κ1) is 10.5. The smallest absolute Gasteiger partial charge is 0.363 e. The fraction of sp³-hybridized carbons (Fsp3) is 0.500. The molecular formula is C10H12N4O2S. The maximum atomic E-state index is 11.0. The zero-order valence-electron chi connectivity index (χ0n) is 9.13. The van der Waals surface area contributed by atoms with E-state index in [4.69, 9.17) is 0 Å². The van der Waals surface area contributed by atoms with Gasteiger partial charge < -0.3 is 15.4 Å². The average Bonchev–Trinajstić information content (AvgIpc) is 2.73. The van der Waals surface area contributed by atoms with Crippen molar-refractivity contribution >= 4 is 27.9 Å². The van der Waals surface area contributed by atoms with Crippen LogP contribution >= 0.6 is 11.3 Å². The number of hydrogen-bond acceptors (Lipinski definition) is 5. The Morgan fingerprint density at radius 1 is 1.65 bits per heavy atom. The number of imidazole rings is 1. The summed E-state index contributed by atoms with van der Waals surface area (Å²) in [6, 6.07) is 0. The highest BCUT2D eigenvalue weighted by Gasteiger charge is 2.25. The van der Waals surface area contributed by atoms with Crippen LogP contribution in [0.1, 0.15) is 19.3 Å². The summed E-state index contributed by atoms with van der Waals surface area (Å²) in [4.78, 5) is 15.6. The van der Waals surface area contributed by atoms with E-state index in [0.717, 1.165) is 6.54 Å². The minimum Gasteiger partial charge on any atom is -0.363 e. The molecule has 2 aromatic rings. The van der Waals surface area contributed by atoms with Crippen molar-refractivity contribution in [2.45, 2.75) is 19.3 Å². The molecule has 0 aromatic carbocycles. The van der Waals surface area contributed by atoms with E-state index in [1.54, 1.807) is 11.6 Å². The molecule has 90 valence electrons. The molecular weight excluding hydrogens is 240 g/mol. The molecule has 0 bridgehead atoms. The van der Waals surface area contributed by atoms with Crippen LogP contribution < -0.4 is 5.32 Å². The summed E-state index contributed by atoms with van der Waals surface area (Å²) in [6.07, 6.45) is 5.37. The van der Waals surface area contributed by atoms with Crippen LogP contribution in [0.2, 0.25) is 0 Å². The third kappa shape index (κ3) is 1.76. The van der Waals surface area contributed by atoms with Crippen molar-refractivity contribution in [1.82, 2.24) is 9.38 Å². The molecule has 1 saturated carbocycles. The Hall–Kier alpha value is -1.63. The van der Waals surface area contributed by atoms with E-state index in [2.05, 4.69) is 10.3 Å². The molecule has 1 aliphatic carbocycles. The zero-order valence-corrected chi connectivity index (χ0v) is 9.94. The molecule has 0 unspecified atom stereocenters. The Bertz CT molecular complexity index is 558. The fourth-order valence-corrected chi connectivity index (χ4v) is 2.71. The maximum absolute atomic E-state index is 11.0. The summed E-state index contributed by atoms with van der Waals surface area (Å²) >= 11 is 1.40. The average molecular weight is 252 g/mol. The Morgan fingerprint density at radius 2 is 2.47 bits per heavy atom. The minimum absolute atomic E-state index is 0.0422. The maximum Gasteiger partial charge on any atom is 0.372 e. The van der Waals surface area contributed by atoms with Gasteiger partial charge in [0.15, 0.2) is 0 Å². The quantitative estimate of drug-likeness (QED) is 0.670. The number of hydrogen-bond donors (Lipinski definition) is 1. The van der Waals surface area contributed by atoms with E-state index in [1.165, 1.54) is 35.0 Å². The number of nitrogens with zero attached hydrogens (tertiary/aromatic N) is 3. The summed E-state index contributed by atoms with van der Waals surface area (Å²) in [5.74, 6) is 1.09. The fourth-order valence-electron chi connectivity index (χ4n) is 2.00. The lowest BCUT2D eigenvalue weighted by Crippen LogP contribution is -2.21. The predicted molar refractivity (Wildman–Crippen MR) is 65.6 cm³/mol. The van der Waals surface area contributed by atoms with Gasteiger partial charge in [0.2, 0.25) is 5.82 Å². The Labute approximate surface area is 101 Å². The third-order valence-corrected chi connectivity index (χ3v) is 3.95. The number of rotatable bonds is 4. The van der Waals surface area contributed by atoms with E-state index >= 15 is 0 Å². The first-order chi connectivity index (χ1) is 8.25. The van der Waals surface area contributed by atoms with Crippen LogP contribution in [0, 0.1) is 16.0 Å². The van der Waals surface area contributed by atoms with Crippen molar-refractivity contribution in [3.63, 3.8) is 0 Å². The van der Waals surface area contributed by atoms with Crippen LogP contribution in [-0.4, -0.2) is 20.9 Å². The SMILES string of the molecule is O=[N+]([O-])c1c(NCC2CCC2)nc2sccn12. The normalized spacial score (nSPS) is 16.0. The number of thiazole rings is 1. The molecule has 3 rings (SSSR count). The number of nitro groups is 1. The monoisotopic (exact) mass is 252 g/mol. The van der Waals surface area contributed by atoms with Gasteiger partial charge in [0, 0.05) is 11.9 Å². The van der Waals surface area contributed by atoms with Gasteiger partial charge in [0.05, 0.1) is 0 Å². The summed E-state index contributed by atoms with van der Waals surface area (Å²) < 4.78 is 1.52. The van der Waals surface area contributed by atoms with Gasteiger partial charge in [0.25, 0.3) is 4.96 Å². The lowest BCUT2D eigenvalue weighted by atomic mass is 9.85. The minimum atomic E-state index is -0.379. The standard InChI is InChI=1S/C10H12N4O2S/c15-14(16)9-8(11-6-7-2-1-3-7)12-10-13(9)4-5-17-10/h4-5,7,11H,1-3,6H2. The van der Waals surface area contributed by atoms with Crippen LogP contribution in [-0.2, 0) is 0 Å². The van der Waals surface area contributed by atoms with Gasteiger partial charge in [-0.25, -0.2) is 0 Å². The van der Waals surface area contributed by atoms with Gasteiger partial charge in [-0.05, 0) is 23.7 Å². The molecule has 1 N–H and O–H groups in total. The summed E-state index contributed by atoms with van der Waals surface area (Å²) in [5, 5.41) is 15.9. The van der Waals surface area contributed by atoms with Crippen LogP contribution in [0.5, 0.6) is 0 Å². The van der Waals surface area contributed by atoms with Gasteiger partial charge in [-0.1, -0.05) is 17.8 Å². The Morgan fingerprint density at radius 3 is 3.12 bits per heavy atom. The molecule has 0 aliphatic heterocycles. The van der Waals surface area contributed by atoms with E-state index in [-0.39, 0.29) is 10.7 Å². The molecule has 2 aromatic heterocycles. The van der Waals surface area contributed by atoms with E-state index in [9.17, 15) is 10.1 Å². The lowest BCUT2D eigenvalue weighted by molar-refractivity contribution is -0.389. The first-order valence-electron chi connectivity index (χ1n) is 5.59. The molecule has 0 radical (unpaired) electrons. The molecule has 7 heteroatoms. The second-order valence-electron chi connectivity index (χ2n) is 4.27. The van der Waals surface area contributed by atoms with Crippen LogP contribution in [0.25, 0.3) is 4.96 Å². The largest absolute Gasteiger partial charge is 0.372 e. The summed E-state index contributed by atoms with van der Waals surface area (Å²) in [6.45, 7) is 0.783. The van der Waals surface area contributed by atoms with Gasteiger partial charge in [-0.2, -0.15) is 9.38 Å². The number of fused-ring (bicyclic) bond motifs is 1. The first-order valence-corrected chi connectivity index (χ1v) is 6.47. The van der Waals surface area contributed by atoms with E-state index in [1.807, 2.05) is 0 Å². The summed E-state index contributed by atoms with van der Waals surface area (Å²) in [7, 11) is 0. The van der Waals surface area contributed by atoms with E-state index < -0.39 is 0 Å². The highest BCUT2D eigenvalue weighted by Crippen LogP contribution is 2.30. The summed E-state index contributed by atoms with van der Waals surface area (Å²) in [5.41, 5.74) is 0. The van der Waals surface area contributed by atoms with Crippen molar-refractivity contribution in [2.24, 2.45) is 5.92 Å². The number of aromatic nitrogens is 2. The van der Waals surface area contributed by atoms with Gasteiger partial charge >= 0.3 is 5.82 Å². The van der Waals surface area contributed by atoms with Crippen molar-refractivity contribution in [3.05, 3.63) is 21.7 Å². The van der Waals surface area contributed by atoms with Crippen LogP contribution in [0.4, 0.5) is 11.6 Å². The van der Waals surface area contributed by atoms with Crippen LogP contribution in [0.3, 0.4) is 0 Å². The second kappa shape index (κ2) is 3.99. The molecule has 0 saturated heterocycles. The highest BCUT2D eigenvalue weighted by atomic mass is 32.1. The molecule has 0 spiro atoms. The number of nitrogens with one attached hydrogen (secondary N) is 1. The second-order valence-corrected chi connectivity index (χ2v) is 5.15. The van der Waals surface area contributed by atoms with Gasteiger partial charge in [-0.15, -0.1) is 0 Å². The molecule has 6 nitrogen and oxygen atoms in total. The Balaban J connectivity index is 1.88. The van der Waals surface area contributed by atoms with Crippen molar-refractivity contribution < 1.29 is 4.92 Å². The predicted octanol–water partition coefficient (Wildman–Crippen LogP) is 2.52. The van der Waals surface area contributed by atoms with Crippen LogP contribution in [0.15, 0.2) is 11.6 Å². The van der Waals surface area contributed by atoms with Gasteiger partial charge in [0.1, 0.15) is 6.20 Å². The molecule has 0 atom stereocenters.